The molecule has 0 fully saturated rings. The first-order chi connectivity index (χ1) is 13.4. The van der Waals surface area contributed by atoms with Gasteiger partial charge in [-0.1, -0.05) is 44.5 Å². The standard InChI is InChI=1S/C22H24ClN5/c1-22(2,3)15-6-8-16(9-7-15)27-20-17-13-28(12-10-19(17)25-14-26-20)21-18(23)5-4-11-24-21/h4-9,11,14H,10,12-13H2,1-3H3,(H,25,26,27). The van der Waals surface area contributed by atoms with E-state index in [-0.39, 0.29) is 5.41 Å². The van der Waals surface area contributed by atoms with E-state index in [0.29, 0.717) is 11.6 Å². The largest absolute Gasteiger partial charge is 0.350 e. The summed E-state index contributed by atoms with van der Waals surface area (Å²) in [5.41, 5.74) is 4.62. The quantitative estimate of drug-likeness (QED) is 0.668. The highest BCUT2D eigenvalue weighted by atomic mass is 35.5. The highest BCUT2D eigenvalue weighted by Gasteiger charge is 2.23. The fraction of sp³-hybridized carbons (Fsp3) is 0.318. The van der Waals surface area contributed by atoms with Gasteiger partial charge in [0.25, 0.3) is 0 Å². The second kappa shape index (κ2) is 7.40. The number of rotatable bonds is 3. The van der Waals surface area contributed by atoms with Crippen LogP contribution in [0.2, 0.25) is 5.02 Å². The lowest BCUT2D eigenvalue weighted by Gasteiger charge is -2.30. The van der Waals surface area contributed by atoms with E-state index < -0.39 is 0 Å². The van der Waals surface area contributed by atoms with Gasteiger partial charge in [-0.25, -0.2) is 15.0 Å². The summed E-state index contributed by atoms with van der Waals surface area (Å²) < 4.78 is 0. The molecule has 3 heterocycles. The minimum Gasteiger partial charge on any atom is -0.350 e. The molecule has 28 heavy (non-hydrogen) atoms. The number of halogens is 1. The van der Waals surface area contributed by atoms with Crippen molar-refractivity contribution in [1.29, 1.82) is 0 Å². The van der Waals surface area contributed by atoms with Crippen LogP contribution in [0.15, 0.2) is 48.9 Å². The molecule has 1 aliphatic rings. The fourth-order valence-corrected chi connectivity index (χ4v) is 3.67. The number of benzene rings is 1. The fourth-order valence-electron chi connectivity index (χ4n) is 3.43. The van der Waals surface area contributed by atoms with Gasteiger partial charge in [-0.05, 0) is 35.2 Å². The van der Waals surface area contributed by atoms with Crippen molar-refractivity contribution in [3.8, 4) is 0 Å². The summed E-state index contributed by atoms with van der Waals surface area (Å²) in [6, 6.07) is 12.3. The summed E-state index contributed by atoms with van der Waals surface area (Å²) in [6.07, 6.45) is 4.24. The Hall–Kier alpha value is -2.66. The first-order valence-electron chi connectivity index (χ1n) is 9.47. The molecule has 6 heteroatoms. The Labute approximate surface area is 170 Å². The number of nitrogens with zero attached hydrogens (tertiary/aromatic N) is 4. The van der Waals surface area contributed by atoms with Crippen LogP contribution in [0.25, 0.3) is 0 Å². The average Bonchev–Trinajstić information content (AvgIpc) is 2.68. The van der Waals surface area contributed by atoms with Crippen molar-refractivity contribution in [2.75, 3.05) is 16.8 Å². The Morgan fingerprint density at radius 3 is 2.54 bits per heavy atom. The second-order valence-corrected chi connectivity index (χ2v) is 8.49. The van der Waals surface area contributed by atoms with E-state index in [2.05, 4.69) is 70.2 Å². The Bertz CT molecular complexity index is 979. The zero-order valence-electron chi connectivity index (χ0n) is 16.4. The third-order valence-corrected chi connectivity index (χ3v) is 5.35. The van der Waals surface area contributed by atoms with E-state index in [1.54, 1.807) is 12.5 Å². The van der Waals surface area contributed by atoms with E-state index in [0.717, 1.165) is 41.5 Å². The second-order valence-electron chi connectivity index (χ2n) is 8.08. The Balaban J connectivity index is 1.60. The maximum atomic E-state index is 6.35. The number of anilines is 3. The van der Waals surface area contributed by atoms with Crippen molar-refractivity contribution in [3.63, 3.8) is 0 Å². The highest BCUT2D eigenvalue weighted by Crippen LogP contribution is 2.31. The van der Waals surface area contributed by atoms with Crippen LogP contribution in [-0.2, 0) is 18.4 Å². The molecule has 0 saturated carbocycles. The van der Waals surface area contributed by atoms with Crippen molar-refractivity contribution < 1.29 is 0 Å². The minimum absolute atomic E-state index is 0.134. The Morgan fingerprint density at radius 2 is 1.82 bits per heavy atom. The Kier molecular flexibility index (Phi) is 4.94. The number of nitrogens with one attached hydrogen (secondary N) is 1. The van der Waals surface area contributed by atoms with Gasteiger partial charge in [0.1, 0.15) is 18.0 Å². The van der Waals surface area contributed by atoms with E-state index in [1.807, 2.05) is 12.1 Å². The van der Waals surface area contributed by atoms with Crippen molar-refractivity contribution in [1.82, 2.24) is 15.0 Å². The van der Waals surface area contributed by atoms with Crippen molar-refractivity contribution in [2.24, 2.45) is 0 Å². The molecule has 1 N–H and O–H groups in total. The van der Waals surface area contributed by atoms with Gasteiger partial charge in [-0.2, -0.15) is 0 Å². The van der Waals surface area contributed by atoms with Crippen LogP contribution < -0.4 is 10.2 Å². The molecule has 0 saturated heterocycles. The molecule has 0 spiro atoms. The topological polar surface area (TPSA) is 53.9 Å². The van der Waals surface area contributed by atoms with Gasteiger partial charge < -0.3 is 10.2 Å². The maximum absolute atomic E-state index is 6.35. The maximum Gasteiger partial charge on any atom is 0.147 e. The first kappa shape index (κ1) is 18.7. The van der Waals surface area contributed by atoms with Crippen LogP contribution >= 0.6 is 11.6 Å². The van der Waals surface area contributed by atoms with Crippen molar-refractivity contribution in [2.45, 2.75) is 39.2 Å². The molecule has 0 unspecified atom stereocenters. The van der Waals surface area contributed by atoms with Gasteiger partial charge in [0.2, 0.25) is 0 Å². The summed E-state index contributed by atoms with van der Waals surface area (Å²) in [5.74, 6) is 1.64. The van der Waals surface area contributed by atoms with E-state index in [4.69, 9.17) is 11.6 Å². The van der Waals surface area contributed by atoms with Crippen LogP contribution in [-0.4, -0.2) is 21.5 Å². The lowest BCUT2D eigenvalue weighted by atomic mass is 9.87. The van der Waals surface area contributed by atoms with Gasteiger partial charge in [0.15, 0.2) is 0 Å². The smallest absolute Gasteiger partial charge is 0.147 e. The lowest BCUT2D eigenvalue weighted by Crippen LogP contribution is -2.32. The van der Waals surface area contributed by atoms with Crippen LogP contribution in [0.3, 0.4) is 0 Å². The van der Waals surface area contributed by atoms with E-state index >= 15 is 0 Å². The van der Waals surface area contributed by atoms with Crippen LogP contribution in [0, 0.1) is 0 Å². The molecule has 0 aliphatic carbocycles. The van der Waals surface area contributed by atoms with Gasteiger partial charge >= 0.3 is 0 Å². The van der Waals surface area contributed by atoms with Crippen molar-refractivity contribution >= 4 is 28.9 Å². The highest BCUT2D eigenvalue weighted by molar-refractivity contribution is 6.32. The summed E-state index contributed by atoms with van der Waals surface area (Å²) >= 11 is 6.35. The molecular weight excluding hydrogens is 370 g/mol. The third kappa shape index (κ3) is 3.80. The zero-order chi connectivity index (χ0) is 19.7. The van der Waals surface area contributed by atoms with Crippen molar-refractivity contribution in [3.05, 3.63) is 70.8 Å². The van der Waals surface area contributed by atoms with Crippen LogP contribution in [0.4, 0.5) is 17.3 Å². The molecule has 1 aliphatic heterocycles. The molecule has 0 radical (unpaired) electrons. The normalized spacial score (nSPS) is 13.9. The molecule has 2 aromatic heterocycles. The molecule has 0 atom stereocenters. The molecular formula is C22H24ClN5. The molecule has 144 valence electrons. The van der Waals surface area contributed by atoms with Crippen LogP contribution in [0.5, 0.6) is 0 Å². The minimum atomic E-state index is 0.134. The monoisotopic (exact) mass is 393 g/mol. The predicted molar refractivity (Wildman–Crippen MR) is 114 cm³/mol. The summed E-state index contributed by atoms with van der Waals surface area (Å²) in [6.45, 7) is 8.16. The van der Waals surface area contributed by atoms with Gasteiger partial charge in [0, 0.05) is 37.0 Å². The number of aromatic nitrogens is 3. The molecule has 0 bridgehead atoms. The average molecular weight is 394 g/mol. The number of hydrogen-bond acceptors (Lipinski definition) is 5. The Morgan fingerprint density at radius 1 is 1.04 bits per heavy atom. The SMILES string of the molecule is CC(C)(C)c1ccc(Nc2ncnc3c2CN(c2ncccc2Cl)CC3)cc1. The van der Waals surface area contributed by atoms with Gasteiger partial charge in [-0.15, -0.1) is 0 Å². The lowest BCUT2D eigenvalue weighted by molar-refractivity contribution is 0.590. The molecule has 5 nitrogen and oxygen atoms in total. The van der Waals surface area contributed by atoms with Gasteiger partial charge in [-0.3, -0.25) is 0 Å². The summed E-state index contributed by atoms with van der Waals surface area (Å²) in [4.78, 5) is 15.6. The zero-order valence-corrected chi connectivity index (χ0v) is 17.2. The summed E-state index contributed by atoms with van der Waals surface area (Å²) in [5, 5.41) is 4.13. The summed E-state index contributed by atoms with van der Waals surface area (Å²) in [7, 11) is 0. The molecule has 0 amide bonds. The molecule has 4 rings (SSSR count). The number of pyridine rings is 1. The van der Waals surface area contributed by atoms with E-state index in [1.165, 1.54) is 5.56 Å². The van der Waals surface area contributed by atoms with E-state index in [9.17, 15) is 0 Å². The number of hydrogen-bond donors (Lipinski definition) is 1. The number of fused-ring (bicyclic) bond motifs is 1. The molecule has 1 aromatic carbocycles. The first-order valence-corrected chi connectivity index (χ1v) is 9.85. The third-order valence-electron chi connectivity index (χ3n) is 5.05. The molecule has 3 aromatic rings. The predicted octanol–water partition coefficient (Wildman–Crippen LogP) is 5.13. The van der Waals surface area contributed by atoms with Crippen LogP contribution in [0.1, 0.15) is 37.6 Å². The van der Waals surface area contributed by atoms with Gasteiger partial charge in [0.05, 0.1) is 10.7 Å².